The first-order valence-corrected chi connectivity index (χ1v) is 7.42. The fraction of sp³-hybridized carbons (Fsp3) is 0.562. The Morgan fingerprint density at radius 2 is 2.10 bits per heavy atom. The zero-order valence-corrected chi connectivity index (χ0v) is 12.1. The molecule has 1 atom stereocenters. The summed E-state index contributed by atoms with van der Waals surface area (Å²) in [7, 11) is 0. The summed E-state index contributed by atoms with van der Waals surface area (Å²) in [5, 5.41) is 12.7. The number of aromatic hydroxyl groups is 1. The summed E-state index contributed by atoms with van der Waals surface area (Å²) in [4.78, 5) is 12.2. The molecule has 0 heterocycles. The van der Waals surface area contributed by atoms with Crippen LogP contribution in [0.4, 0.5) is 0 Å². The molecule has 1 fully saturated rings. The van der Waals surface area contributed by atoms with Crippen molar-refractivity contribution in [1.29, 1.82) is 0 Å². The van der Waals surface area contributed by atoms with Crippen molar-refractivity contribution in [2.45, 2.75) is 45.1 Å². The van der Waals surface area contributed by atoms with Crippen LogP contribution in [0.1, 0.15) is 48.0 Å². The monoisotopic (exact) mass is 276 g/mol. The van der Waals surface area contributed by atoms with Crippen LogP contribution in [0.3, 0.4) is 0 Å². The Hall–Kier alpha value is -1.55. The van der Waals surface area contributed by atoms with Gasteiger partial charge in [-0.2, -0.15) is 0 Å². The van der Waals surface area contributed by atoms with E-state index in [0.717, 1.165) is 18.4 Å². The van der Waals surface area contributed by atoms with E-state index < -0.39 is 0 Å². The van der Waals surface area contributed by atoms with E-state index in [4.69, 9.17) is 5.73 Å². The highest BCUT2D eigenvalue weighted by atomic mass is 16.3. The normalized spacial score (nSPS) is 17.7. The van der Waals surface area contributed by atoms with Gasteiger partial charge in [-0.3, -0.25) is 4.79 Å². The highest BCUT2D eigenvalue weighted by Gasteiger charge is 2.24. The van der Waals surface area contributed by atoms with Gasteiger partial charge in [-0.1, -0.05) is 25.3 Å². The Kier molecular flexibility index (Phi) is 5.01. The molecule has 4 heteroatoms. The second kappa shape index (κ2) is 6.75. The minimum absolute atomic E-state index is 0.0336. The lowest BCUT2D eigenvalue weighted by molar-refractivity contribution is 0.0915. The third-order valence-electron chi connectivity index (χ3n) is 4.26. The van der Waals surface area contributed by atoms with Gasteiger partial charge in [-0.15, -0.1) is 0 Å². The first-order chi connectivity index (χ1) is 9.61. The van der Waals surface area contributed by atoms with Crippen molar-refractivity contribution in [3.05, 3.63) is 29.3 Å². The van der Waals surface area contributed by atoms with Gasteiger partial charge in [0.25, 0.3) is 5.91 Å². The Balaban J connectivity index is 2.02. The minimum Gasteiger partial charge on any atom is -0.508 e. The van der Waals surface area contributed by atoms with Gasteiger partial charge in [-0.05, 0) is 43.4 Å². The standard InChI is InChI=1S/C16H24N2O2/c1-11-7-8-13(9-15(11)19)16(20)18-14(10-17)12-5-3-2-4-6-12/h7-9,12,14,19H,2-6,10,17H2,1H3,(H,18,20). The van der Waals surface area contributed by atoms with Gasteiger partial charge >= 0.3 is 0 Å². The SMILES string of the molecule is Cc1ccc(C(=O)NC(CN)C2CCCCC2)cc1O. The van der Waals surface area contributed by atoms with Crippen LogP contribution in [0.15, 0.2) is 18.2 Å². The molecule has 1 aromatic rings. The van der Waals surface area contributed by atoms with Crippen molar-refractivity contribution in [2.24, 2.45) is 11.7 Å². The van der Waals surface area contributed by atoms with Gasteiger partial charge in [0.2, 0.25) is 0 Å². The highest BCUT2D eigenvalue weighted by Crippen LogP contribution is 2.26. The number of nitrogens with two attached hydrogens (primary N) is 1. The van der Waals surface area contributed by atoms with Crippen molar-refractivity contribution in [2.75, 3.05) is 6.54 Å². The zero-order valence-electron chi connectivity index (χ0n) is 12.1. The largest absolute Gasteiger partial charge is 0.508 e. The second-order valence-electron chi connectivity index (χ2n) is 5.72. The molecule has 1 amide bonds. The average Bonchev–Trinajstić information content (AvgIpc) is 2.48. The van der Waals surface area contributed by atoms with E-state index in [9.17, 15) is 9.90 Å². The Morgan fingerprint density at radius 1 is 1.40 bits per heavy atom. The number of phenols is 1. The number of phenolic OH excluding ortho intramolecular Hbond substituents is 1. The van der Waals surface area contributed by atoms with E-state index >= 15 is 0 Å². The molecule has 0 aromatic heterocycles. The molecule has 1 aliphatic carbocycles. The topological polar surface area (TPSA) is 75.4 Å². The fourth-order valence-electron chi connectivity index (χ4n) is 2.91. The molecule has 20 heavy (non-hydrogen) atoms. The number of carbonyl (C=O) groups is 1. The number of hydrogen-bond donors (Lipinski definition) is 3. The molecule has 1 unspecified atom stereocenters. The minimum atomic E-state index is -0.152. The van der Waals surface area contributed by atoms with E-state index in [0.29, 0.717) is 18.0 Å². The maximum Gasteiger partial charge on any atom is 0.251 e. The number of rotatable bonds is 4. The number of hydrogen-bond acceptors (Lipinski definition) is 3. The third-order valence-corrected chi connectivity index (χ3v) is 4.26. The van der Waals surface area contributed by atoms with Crippen molar-refractivity contribution in [3.63, 3.8) is 0 Å². The van der Waals surface area contributed by atoms with Gasteiger partial charge in [0, 0.05) is 18.2 Å². The summed E-state index contributed by atoms with van der Waals surface area (Å²) in [5.74, 6) is 0.484. The molecular formula is C16H24N2O2. The van der Waals surface area contributed by atoms with Crippen molar-refractivity contribution in [1.82, 2.24) is 5.32 Å². The molecule has 0 aliphatic heterocycles. The molecule has 0 saturated heterocycles. The van der Waals surface area contributed by atoms with Gasteiger partial charge in [0.05, 0.1) is 0 Å². The second-order valence-corrected chi connectivity index (χ2v) is 5.72. The number of nitrogens with one attached hydrogen (secondary N) is 1. The molecule has 4 N–H and O–H groups in total. The van der Waals surface area contributed by atoms with Gasteiger partial charge < -0.3 is 16.2 Å². The van der Waals surface area contributed by atoms with E-state index in [1.807, 2.05) is 6.92 Å². The number of aryl methyl sites for hydroxylation is 1. The summed E-state index contributed by atoms with van der Waals surface area (Å²) in [5.41, 5.74) is 7.08. The average molecular weight is 276 g/mol. The summed E-state index contributed by atoms with van der Waals surface area (Å²) < 4.78 is 0. The molecule has 1 aliphatic rings. The molecular weight excluding hydrogens is 252 g/mol. The van der Waals surface area contributed by atoms with Crippen molar-refractivity contribution in [3.8, 4) is 5.75 Å². The number of amides is 1. The molecule has 0 radical (unpaired) electrons. The summed E-state index contributed by atoms with van der Waals surface area (Å²) >= 11 is 0. The van der Waals surface area contributed by atoms with Crippen LogP contribution in [0.5, 0.6) is 5.75 Å². The smallest absolute Gasteiger partial charge is 0.251 e. The van der Waals surface area contributed by atoms with Crippen molar-refractivity contribution >= 4 is 5.91 Å². The molecule has 2 rings (SSSR count). The van der Waals surface area contributed by atoms with Gasteiger partial charge in [0.15, 0.2) is 0 Å². The molecule has 1 saturated carbocycles. The summed E-state index contributed by atoms with van der Waals surface area (Å²) in [6, 6.07) is 5.03. The van der Waals surface area contributed by atoms with Crippen LogP contribution >= 0.6 is 0 Å². The molecule has 0 spiro atoms. The van der Waals surface area contributed by atoms with E-state index in [1.54, 1.807) is 12.1 Å². The van der Waals surface area contributed by atoms with E-state index in [1.165, 1.54) is 25.3 Å². The predicted octanol–water partition coefficient (Wildman–Crippen LogP) is 2.34. The quantitative estimate of drug-likeness (QED) is 0.790. The number of benzene rings is 1. The molecule has 4 nitrogen and oxygen atoms in total. The molecule has 110 valence electrons. The molecule has 0 bridgehead atoms. The lowest BCUT2D eigenvalue weighted by Crippen LogP contribution is -2.45. The third kappa shape index (κ3) is 3.51. The maximum atomic E-state index is 12.2. The lowest BCUT2D eigenvalue weighted by Gasteiger charge is -2.30. The maximum absolute atomic E-state index is 12.2. The van der Waals surface area contributed by atoms with Crippen molar-refractivity contribution < 1.29 is 9.90 Å². The summed E-state index contributed by atoms with van der Waals surface area (Å²) in [6.07, 6.45) is 6.01. The molecule has 1 aromatic carbocycles. The van der Waals surface area contributed by atoms with E-state index in [-0.39, 0.29) is 17.7 Å². The van der Waals surface area contributed by atoms with Gasteiger partial charge in [0.1, 0.15) is 5.75 Å². The van der Waals surface area contributed by atoms with Crippen LogP contribution in [-0.2, 0) is 0 Å². The van der Waals surface area contributed by atoms with E-state index in [2.05, 4.69) is 5.32 Å². The van der Waals surface area contributed by atoms with Crippen LogP contribution in [0, 0.1) is 12.8 Å². The zero-order chi connectivity index (χ0) is 14.5. The highest BCUT2D eigenvalue weighted by molar-refractivity contribution is 5.94. The van der Waals surface area contributed by atoms with Crippen LogP contribution in [-0.4, -0.2) is 23.6 Å². The van der Waals surface area contributed by atoms with Crippen LogP contribution in [0.2, 0.25) is 0 Å². The Bertz CT molecular complexity index is 468. The predicted molar refractivity (Wildman–Crippen MR) is 79.7 cm³/mol. The first-order valence-electron chi connectivity index (χ1n) is 7.42. The Morgan fingerprint density at radius 3 is 2.70 bits per heavy atom. The fourth-order valence-corrected chi connectivity index (χ4v) is 2.91. The number of carbonyl (C=O) groups excluding carboxylic acids is 1. The van der Waals surface area contributed by atoms with Crippen LogP contribution in [0.25, 0.3) is 0 Å². The lowest BCUT2D eigenvalue weighted by atomic mass is 9.84. The van der Waals surface area contributed by atoms with Crippen LogP contribution < -0.4 is 11.1 Å². The Labute approximate surface area is 120 Å². The van der Waals surface area contributed by atoms with Gasteiger partial charge in [-0.25, -0.2) is 0 Å². The summed E-state index contributed by atoms with van der Waals surface area (Å²) in [6.45, 7) is 2.27. The first kappa shape index (κ1) is 14.9.